The molecule has 0 radical (unpaired) electrons. The van der Waals surface area contributed by atoms with Crippen LogP contribution in [-0.2, 0) is 14.8 Å². The molecule has 2 unspecified atom stereocenters. The van der Waals surface area contributed by atoms with Crippen LogP contribution in [0.15, 0.2) is 29.2 Å². The first-order valence-corrected chi connectivity index (χ1v) is 9.02. The number of hydrogen-bond donors (Lipinski definition) is 2. The first-order valence-electron chi connectivity index (χ1n) is 6.42. The first kappa shape index (κ1) is 15.3. The fourth-order valence-electron chi connectivity index (χ4n) is 2.13. The number of nitrogens with two attached hydrogens (primary N) is 1. The number of benzene rings is 1. The normalized spacial score (nSPS) is 20.6. The summed E-state index contributed by atoms with van der Waals surface area (Å²) in [5.41, 5.74) is 0.730. The molecule has 3 N–H and O–H groups in total. The van der Waals surface area contributed by atoms with Crippen molar-refractivity contribution in [3.63, 3.8) is 0 Å². The number of amides is 1. The number of carbonyl (C=O) groups is 1. The van der Waals surface area contributed by atoms with Crippen LogP contribution >= 0.6 is 11.8 Å². The lowest BCUT2D eigenvalue weighted by atomic mass is 10.1. The Kier molecular flexibility index (Phi) is 4.72. The Hall–Kier alpha value is -1.05. The minimum atomic E-state index is -3.72. The number of hydrogen-bond acceptors (Lipinski definition) is 4. The van der Waals surface area contributed by atoms with Crippen LogP contribution in [0.1, 0.15) is 31.4 Å². The standard InChI is InChI=1S/C13H18N2O3S2/c1-9(15-13(16)12-6-3-7-19-12)10-4-2-5-11(8-10)20(14,17)18/h2,4-5,8-9,12H,3,6-7H2,1H3,(H,15,16)(H2,14,17,18). The Morgan fingerprint density at radius 3 is 2.85 bits per heavy atom. The van der Waals surface area contributed by atoms with E-state index in [1.807, 2.05) is 6.92 Å². The zero-order valence-electron chi connectivity index (χ0n) is 11.2. The Morgan fingerprint density at radius 2 is 2.25 bits per heavy atom. The van der Waals surface area contributed by atoms with Crippen molar-refractivity contribution in [2.24, 2.45) is 5.14 Å². The minimum absolute atomic E-state index is 0.0128. The van der Waals surface area contributed by atoms with Crippen LogP contribution in [0.2, 0.25) is 0 Å². The zero-order chi connectivity index (χ0) is 14.8. The summed E-state index contributed by atoms with van der Waals surface area (Å²) in [6.07, 6.45) is 1.97. The topological polar surface area (TPSA) is 89.3 Å². The second-order valence-corrected chi connectivity index (χ2v) is 7.72. The van der Waals surface area contributed by atoms with Gasteiger partial charge >= 0.3 is 0 Å². The summed E-state index contributed by atoms with van der Waals surface area (Å²) in [4.78, 5) is 12.1. The Bertz CT molecular complexity index is 595. The number of thioether (sulfide) groups is 1. The van der Waals surface area contributed by atoms with E-state index in [1.165, 1.54) is 12.1 Å². The molecule has 20 heavy (non-hydrogen) atoms. The molecule has 110 valence electrons. The third-order valence-electron chi connectivity index (χ3n) is 3.27. The molecule has 5 nitrogen and oxygen atoms in total. The van der Waals surface area contributed by atoms with Crippen LogP contribution in [-0.4, -0.2) is 25.3 Å². The van der Waals surface area contributed by atoms with Crippen molar-refractivity contribution in [1.82, 2.24) is 5.32 Å². The molecule has 0 spiro atoms. The van der Waals surface area contributed by atoms with E-state index in [0.717, 1.165) is 24.2 Å². The average molecular weight is 314 g/mol. The highest BCUT2D eigenvalue weighted by molar-refractivity contribution is 8.00. The van der Waals surface area contributed by atoms with Crippen molar-refractivity contribution in [1.29, 1.82) is 0 Å². The van der Waals surface area contributed by atoms with Gasteiger partial charge in [0.1, 0.15) is 0 Å². The fourth-order valence-corrected chi connectivity index (χ4v) is 3.87. The largest absolute Gasteiger partial charge is 0.349 e. The van der Waals surface area contributed by atoms with E-state index in [-0.39, 0.29) is 22.1 Å². The maximum atomic E-state index is 12.0. The molecule has 0 saturated carbocycles. The summed E-state index contributed by atoms with van der Waals surface area (Å²) >= 11 is 1.67. The van der Waals surface area contributed by atoms with E-state index in [0.29, 0.717) is 0 Å². The summed E-state index contributed by atoms with van der Waals surface area (Å²) in [7, 11) is -3.72. The molecule has 1 aromatic rings. The van der Waals surface area contributed by atoms with E-state index in [9.17, 15) is 13.2 Å². The van der Waals surface area contributed by atoms with Gasteiger partial charge in [-0.15, -0.1) is 11.8 Å². The molecule has 1 saturated heterocycles. The lowest BCUT2D eigenvalue weighted by Crippen LogP contribution is -2.33. The molecule has 1 aliphatic heterocycles. The summed E-state index contributed by atoms with van der Waals surface area (Å²) in [6.45, 7) is 1.83. The number of carbonyl (C=O) groups excluding carboxylic acids is 1. The van der Waals surface area contributed by atoms with Gasteiger partial charge in [0.2, 0.25) is 15.9 Å². The van der Waals surface area contributed by atoms with Crippen LogP contribution < -0.4 is 10.5 Å². The summed E-state index contributed by atoms with van der Waals surface area (Å²) < 4.78 is 22.7. The van der Waals surface area contributed by atoms with Gasteiger partial charge in [0.25, 0.3) is 0 Å². The van der Waals surface area contributed by atoms with Crippen LogP contribution in [0.3, 0.4) is 0 Å². The quantitative estimate of drug-likeness (QED) is 0.879. The Morgan fingerprint density at radius 1 is 1.50 bits per heavy atom. The van der Waals surface area contributed by atoms with Crippen molar-refractivity contribution in [2.75, 3.05) is 5.75 Å². The van der Waals surface area contributed by atoms with Gasteiger partial charge in [-0.1, -0.05) is 12.1 Å². The van der Waals surface area contributed by atoms with Crippen LogP contribution in [0.25, 0.3) is 0 Å². The molecule has 1 heterocycles. The molecule has 0 bridgehead atoms. The predicted octanol–water partition coefficient (Wildman–Crippen LogP) is 1.41. The Labute approximate surface area is 123 Å². The molecule has 1 aromatic carbocycles. The van der Waals surface area contributed by atoms with Gasteiger partial charge in [0.05, 0.1) is 16.2 Å². The van der Waals surface area contributed by atoms with Crippen LogP contribution in [0.4, 0.5) is 0 Å². The molecule has 2 atom stereocenters. The van der Waals surface area contributed by atoms with E-state index in [2.05, 4.69) is 5.32 Å². The molecular weight excluding hydrogens is 296 g/mol. The SMILES string of the molecule is CC(NC(=O)C1CCCS1)c1cccc(S(N)(=O)=O)c1. The van der Waals surface area contributed by atoms with Gasteiger partial charge in [-0.3, -0.25) is 4.79 Å². The van der Waals surface area contributed by atoms with Crippen molar-refractivity contribution in [3.05, 3.63) is 29.8 Å². The zero-order valence-corrected chi connectivity index (χ0v) is 12.8. The first-order chi connectivity index (χ1) is 9.38. The van der Waals surface area contributed by atoms with Gasteiger partial charge in [-0.25, -0.2) is 13.6 Å². The average Bonchev–Trinajstić information content (AvgIpc) is 2.91. The smallest absolute Gasteiger partial charge is 0.238 e. The molecule has 0 aromatic heterocycles. The lowest BCUT2D eigenvalue weighted by Gasteiger charge is -2.17. The summed E-state index contributed by atoms with van der Waals surface area (Å²) in [5, 5.41) is 8.04. The lowest BCUT2D eigenvalue weighted by molar-refractivity contribution is -0.121. The van der Waals surface area contributed by atoms with E-state index in [4.69, 9.17) is 5.14 Å². The predicted molar refractivity (Wildman–Crippen MR) is 79.9 cm³/mol. The molecule has 1 aliphatic rings. The molecule has 1 fully saturated rings. The van der Waals surface area contributed by atoms with Crippen molar-refractivity contribution in [2.45, 2.75) is 36.0 Å². The second kappa shape index (κ2) is 6.15. The van der Waals surface area contributed by atoms with Gasteiger partial charge in [-0.05, 0) is 43.2 Å². The van der Waals surface area contributed by atoms with Crippen molar-refractivity contribution in [3.8, 4) is 0 Å². The highest BCUT2D eigenvalue weighted by Gasteiger charge is 2.24. The van der Waals surface area contributed by atoms with Crippen LogP contribution in [0.5, 0.6) is 0 Å². The number of sulfonamides is 1. The number of primary sulfonamides is 1. The Balaban J connectivity index is 2.09. The summed E-state index contributed by atoms with van der Waals surface area (Å²) in [5.74, 6) is 1.04. The maximum Gasteiger partial charge on any atom is 0.238 e. The third kappa shape index (κ3) is 3.74. The maximum absolute atomic E-state index is 12.0. The highest BCUT2D eigenvalue weighted by atomic mass is 32.2. The molecule has 1 amide bonds. The second-order valence-electron chi connectivity index (χ2n) is 4.85. The molecular formula is C13H18N2O3S2. The van der Waals surface area contributed by atoms with E-state index >= 15 is 0 Å². The van der Waals surface area contributed by atoms with Crippen molar-refractivity contribution < 1.29 is 13.2 Å². The molecule has 2 rings (SSSR count). The third-order valence-corrected chi connectivity index (χ3v) is 5.56. The van der Waals surface area contributed by atoms with Gasteiger partial charge < -0.3 is 5.32 Å². The fraction of sp³-hybridized carbons (Fsp3) is 0.462. The van der Waals surface area contributed by atoms with Gasteiger partial charge in [0.15, 0.2) is 0 Å². The van der Waals surface area contributed by atoms with Gasteiger partial charge in [-0.2, -0.15) is 0 Å². The highest BCUT2D eigenvalue weighted by Crippen LogP contribution is 2.27. The van der Waals surface area contributed by atoms with E-state index in [1.54, 1.807) is 23.9 Å². The van der Waals surface area contributed by atoms with Crippen molar-refractivity contribution >= 4 is 27.7 Å². The summed E-state index contributed by atoms with van der Waals surface area (Å²) in [6, 6.07) is 6.11. The molecule has 7 heteroatoms. The minimum Gasteiger partial charge on any atom is -0.349 e. The monoisotopic (exact) mass is 314 g/mol. The number of nitrogens with one attached hydrogen (secondary N) is 1. The van der Waals surface area contributed by atoms with E-state index < -0.39 is 10.0 Å². The van der Waals surface area contributed by atoms with Gasteiger partial charge in [0, 0.05) is 0 Å². The molecule has 0 aliphatic carbocycles. The number of rotatable bonds is 4. The van der Waals surface area contributed by atoms with Crippen LogP contribution in [0, 0.1) is 0 Å².